The topological polar surface area (TPSA) is 46.2 Å². The van der Waals surface area contributed by atoms with E-state index >= 15 is 0 Å². The predicted octanol–water partition coefficient (Wildman–Crippen LogP) is 2.57. The highest BCUT2D eigenvalue weighted by Gasteiger charge is 2.08. The molecule has 0 saturated carbocycles. The van der Waals surface area contributed by atoms with Gasteiger partial charge in [-0.15, -0.1) is 0 Å². The second kappa shape index (κ2) is 6.90. The van der Waals surface area contributed by atoms with Gasteiger partial charge in [0.1, 0.15) is 0 Å². The molecule has 0 fully saturated rings. The van der Waals surface area contributed by atoms with E-state index in [2.05, 4.69) is 36.8 Å². The molecule has 3 nitrogen and oxygen atoms in total. The van der Waals surface area contributed by atoms with Crippen LogP contribution in [-0.2, 0) is 16.4 Å². The number of unbranched alkanes of at least 4 members (excludes halogenated alkanes) is 1. The lowest BCUT2D eigenvalue weighted by atomic mass is 10.0. The van der Waals surface area contributed by atoms with Crippen LogP contribution >= 0.6 is 0 Å². The molecule has 1 N–H and O–H groups in total. The average Bonchev–Trinajstić information content (AvgIpc) is 2.29. The molecule has 0 amide bonds. The maximum atomic E-state index is 11.6. The highest BCUT2D eigenvalue weighted by Crippen LogP contribution is 2.10. The molecule has 4 heteroatoms. The summed E-state index contributed by atoms with van der Waals surface area (Å²) in [6, 6.07) is 6.26. The molecule has 0 aliphatic heterocycles. The van der Waals surface area contributed by atoms with Gasteiger partial charge in [0.2, 0.25) is 10.0 Å². The third-order valence-corrected chi connectivity index (χ3v) is 4.45. The highest BCUT2D eigenvalue weighted by atomic mass is 32.2. The number of nitrogens with one attached hydrogen (secondary N) is 1. The first-order valence-corrected chi connectivity index (χ1v) is 8.13. The van der Waals surface area contributed by atoms with Gasteiger partial charge in [-0.1, -0.05) is 37.1 Å². The Kier molecular flexibility index (Phi) is 5.82. The van der Waals surface area contributed by atoms with Crippen molar-refractivity contribution in [3.8, 4) is 0 Å². The average molecular weight is 269 g/mol. The van der Waals surface area contributed by atoms with Crippen LogP contribution in [0.15, 0.2) is 18.2 Å². The van der Waals surface area contributed by atoms with Gasteiger partial charge in [0.05, 0.1) is 5.75 Å². The van der Waals surface area contributed by atoms with Crippen LogP contribution in [0.1, 0.15) is 36.5 Å². The number of sulfonamides is 1. The van der Waals surface area contributed by atoms with E-state index in [1.807, 2.05) is 6.92 Å². The maximum Gasteiger partial charge on any atom is 0.211 e. The van der Waals surface area contributed by atoms with Crippen molar-refractivity contribution in [2.45, 2.75) is 40.0 Å². The van der Waals surface area contributed by atoms with E-state index in [1.54, 1.807) is 0 Å². The van der Waals surface area contributed by atoms with Crippen LogP contribution in [0.3, 0.4) is 0 Å². The van der Waals surface area contributed by atoms with Crippen LogP contribution in [0.25, 0.3) is 0 Å². The minimum absolute atomic E-state index is 0.233. The summed E-state index contributed by atoms with van der Waals surface area (Å²) >= 11 is 0. The van der Waals surface area contributed by atoms with E-state index in [4.69, 9.17) is 0 Å². The van der Waals surface area contributed by atoms with Gasteiger partial charge in [0.25, 0.3) is 0 Å². The SMILES string of the molecule is CCCCS(=O)(=O)NCCc1ccc(C)cc1C. The molecule has 1 aromatic rings. The Balaban J connectivity index is 2.46. The van der Waals surface area contributed by atoms with Gasteiger partial charge in [0.15, 0.2) is 0 Å². The Morgan fingerprint density at radius 3 is 2.56 bits per heavy atom. The van der Waals surface area contributed by atoms with Crippen molar-refractivity contribution in [2.75, 3.05) is 12.3 Å². The van der Waals surface area contributed by atoms with Gasteiger partial charge in [0, 0.05) is 6.54 Å². The number of hydrogen-bond acceptors (Lipinski definition) is 2. The summed E-state index contributed by atoms with van der Waals surface area (Å²) in [6.45, 7) is 6.60. The third kappa shape index (κ3) is 5.19. The zero-order chi connectivity index (χ0) is 13.6. The Bertz CT molecular complexity index is 481. The van der Waals surface area contributed by atoms with Crippen molar-refractivity contribution < 1.29 is 8.42 Å². The first-order valence-electron chi connectivity index (χ1n) is 6.48. The highest BCUT2D eigenvalue weighted by molar-refractivity contribution is 7.89. The molecule has 1 rings (SSSR count). The smallest absolute Gasteiger partial charge is 0.211 e. The van der Waals surface area contributed by atoms with Gasteiger partial charge < -0.3 is 0 Å². The summed E-state index contributed by atoms with van der Waals surface area (Å²) in [6.07, 6.45) is 2.37. The first kappa shape index (κ1) is 15.2. The van der Waals surface area contributed by atoms with Crippen LogP contribution in [-0.4, -0.2) is 20.7 Å². The Morgan fingerprint density at radius 1 is 1.22 bits per heavy atom. The van der Waals surface area contributed by atoms with E-state index in [1.165, 1.54) is 16.7 Å². The van der Waals surface area contributed by atoms with Crippen LogP contribution in [0.2, 0.25) is 0 Å². The zero-order valence-electron chi connectivity index (χ0n) is 11.5. The lowest BCUT2D eigenvalue weighted by molar-refractivity contribution is 0.578. The molecule has 0 bridgehead atoms. The third-order valence-electron chi connectivity index (χ3n) is 2.98. The Labute approximate surface area is 111 Å². The van der Waals surface area contributed by atoms with E-state index < -0.39 is 10.0 Å². The molecule has 0 heterocycles. The minimum atomic E-state index is -3.08. The van der Waals surface area contributed by atoms with Gasteiger partial charge in [-0.3, -0.25) is 0 Å². The first-order chi connectivity index (χ1) is 8.44. The summed E-state index contributed by atoms with van der Waals surface area (Å²) in [4.78, 5) is 0. The summed E-state index contributed by atoms with van der Waals surface area (Å²) in [5.74, 6) is 0.233. The number of rotatable bonds is 7. The molecule has 1 aromatic carbocycles. The lowest BCUT2D eigenvalue weighted by Crippen LogP contribution is -2.28. The standard InChI is InChI=1S/C14H23NO2S/c1-4-5-10-18(16,17)15-9-8-14-7-6-12(2)11-13(14)3/h6-7,11,15H,4-5,8-10H2,1-3H3. The molecule has 0 aliphatic carbocycles. The van der Waals surface area contributed by atoms with Gasteiger partial charge in [-0.25, -0.2) is 13.1 Å². The van der Waals surface area contributed by atoms with Crippen LogP contribution in [0.5, 0.6) is 0 Å². The van der Waals surface area contributed by atoms with Crippen molar-refractivity contribution in [3.05, 3.63) is 34.9 Å². The fourth-order valence-corrected chi connectivity index (χ4v) is 3.10. The quantitative estimate of drug-likeness (QED) is 0.827. The van der Waals surface area contributed by atoms with Crippen LogP contribution in [0, 0.1) is 13.8 Å². The zero-order valence-corrected chi connectivity index (χ0v) is 12.3. The van der Waals surface area contributed by atoms with Gasteiger partial charge >= 0.3 is 0 Å². The van der Waals surface area contributed by atoms with Crippen molar-refractivity contribution >= 4 is 10.0 Å². The van der Waals surface area contributed by atoms with E-state index in [0.717, 1.165) is 19.3 Å². The van der Waals surface area contributed by atoms with Gasteiger partial charge in [-0.2, -0.15) is 0 Å². The molecular weight excluding hydrogens is 246 g/mol. The van der Waals surface area contributed by atoms with Crippen LogP contribution < -0.4 is 4.72 Å². The number of aryl methyl sites for hydroxylation is 2. The second-order valence-corrected chi connectivity index (χ2v) is 6.67. The summed E-state index contributed by atoms with van der Waals surface area (Å²) < 4.78 is 25.9. The molecule has 0 unspecified atom stereocenters. The predicted molar refractivity (Wildman–Crippen MR) is 76.3 cm³/mol. The Morgan fingerprint density at radius 2 is 1.94 bits per heavy atom. The van der Waals surface area contributed by atoms with Crippen LogP contribution in [0.4, 0.5) is 0 Å². The summed E-state index contributed by atoms with van der Waals surface area (Å²) in [5.41, 5.74) is 3.67. The largest absolute Gasteiger partial charge is 0.215 e. The van der Waals surface area contributed by atoms with Crippen molar-refractivity contribution in [1.29, 1.82) is 0 Å². The van der Waals surface area contributed by atoms with E-state index in [-0.39, 0.29) is 5.75 Å². The summed E-state index contributed by atoms with van der Waals surface area (Å²) in [7, 11) is -3.08. The number of hydrogen-bond donors (Lipinski definition) is 1. The maximum absolute atomic E-state index is 11.6. The number of benzene rings is 1. The molecule has 102 valence electrons. The summed E-state index contributed by atoms with van der Waals surface area (Å²) in [5, 5.41) is 0. The Hall–Kier alpha value is -0.870. The van der Waals surface area contributed by atoms with E-state index in [0.29, 0.717) is 6.54 Å². The lowest BCUT2D eigenvalue weighted by Gasteiger charge is -2.08. The monoisotopic (exact) mass is 269 g/mol. The van der Waals surface area contributed by atoms with Crippen molar-refractivity contribution in [1.82, 2.24) is 4.72 Å². The van der Waals surface area contributed by atoms with Gasteiger partial charge in [-0.05, 0) is 37.8 Å². The minimum Gasteiger partial charge on any atom is -0.215 e. The molecule has 0 aliphatic rings. The fourth-order valence-electron chi connectivity index (χ4n) is 1.87. The molecule has 0 saturated heterocycles. The molecule has 0 aromatic heterocycles. The van der Waals surface area contributed by atoms with E-state index in [9.17, 15) is 8.42 Å². The second-order valence-electron chi connectivity index (χ2n) is 4.75. The molecular formula is C14H23NO2S. The normalized spacial score (nSPS) is 11.7. The van der Waals surface area contributed by atoms with Crippen molar-refractivity contribution in [3.63, 3.8) is 0 Å². The molecule has 18 heavy (non-hydrogen) atoms. The molecule has 0 radical (unpaired) electrons. The molecule has 0 spiro atoms. The fraction of sp³-hybridized carbons (Fsp3) is 0.571. The van der Waals surface area contributed by atoms with Crippen molar-refractivity contribution in [2.24, 2.45) is 0 Å². The molecule has 0 atom stereocenters.